The van der Waals surface area contributed by atoms with Gasteiger partial charge in [-0.2, -0.15) is 0 Å². The molecule has 0 bridgehead atoms. The highest BCUT2D eigenvalue weighted by atomic mass is 16.5. The van der Waals surface area contributed by atoms with Crippen molar-refractivity contribution in [3.05, 3.63) is 48.6 Å². The number of hydrogen-bond acceptors (Lipinski definition) is 5. The lowest BCUT2D eigenvalue weighted by Gasteiger charge is -2.22. The lowest BCUT2D eigenvalue weighted by Crippen LogP contribution is -2.45. The van der Waals surface area contributed by atoms with Crippen molar-refractivity contribution in [3.63, 3.8) is 0 Å². The summed E-state index contributed by atoms with van der Waals surface area (Å²) in [5.74, 6) is -0.152. The number of ether oxygens (including phenoxy) is 1. The van der Waals surface area contributed by atoms with Crippen LogP contribution in [0.1, 0.15) is 232 Å². The maximum absolute atomic E-state index is 12.4. The summed E-state index contributed by atoms with van der Waals surface area (Å²) in [5, 5.41) is 23.1. The molecule has 0 aromatic carbocycles. The molecule has 0 aliphatic rings. The third kappa shape index (κ3) is 41.5. The Bertz CT molecular complexity index is 957. The van der Waals surface area contributed by atoms with Crippen LogP contribution in [0.15, 0.2) is 48.6 Å². The maximum Gasteiger partial charge on any atom is 0.305 e. The van der Waals surface area contributed by atoms with Crippen LogP contribution in [0.2, 0.25) is 0 Å². The number of nitrogens with one attached hydrogen (secondary N) is 1. The average Bonchev–Trinajstić information content (AvgIpc) is 3.20. The molecule has 0 aliphatic heterocycles. The van der Waals surface area contributed by atoms with Crippen LogP contribution in [0.3, 0.4) is 0 Å². The van der Waals surface area contributed by atoms with Crippen molar-refractivity contribution in [1.82, 2.24) is 5.32 Å². The summed E-state index contributed by atoms with van der Waals surface area (Å²) in [6.07, 6.45) is 55.1. The Balaban J connectivity index is 3.58. The van der Waals surface area contributed by atoms with Gasteiger partial charge in [0.25, 0.3) is 0 Å². The molecule has 0 saturated carbocycles. The predicted octanol–water partition coefficient (Wildman–Crippen LogP) is 13.9. The van der Waals surface area contributed by atoms with Gasteiger partial charge in [-0.1, -0.05) is 197 Å². The van der Waals surface area contributed by atoms with Crippen molar-refractivity contribution in [2.75, 3.05) is 13.2 Å². The molecule has 3 N–H and O–H groups in total. The van der Waals surface area contributed by atoms with Gasteiger partial charge in [0, 0.05) is 12.8 Å². The first-order valence-corrected chi connectivity index (χ1v) is 23.9. The lowest BCUT2D eigenvalue weighted by atomic mass is 10.0. The Morgan fingerprint density at radius 3 is 1.46 bits per heavy atom. The van der Waals surface area contributed by atoms with Crippen LogP contribution in [0.4, 0.5) is 0 Å². The first-order valence-electron chi connectivity index (χ1n) is 23.9. The molecule has 0 spiro atoms. The molecular weight excluding hydrogens is 695 g/mol. The average molecular weight is 786 g/mol. The standard InChI is InChI=1S/C50H91NO5/c1-3-5-7-9-11-13-15-18-22-26-30-34-38-42-48(53)47(46-52)51-49(54)43-39-35-31-27-23-20-17-21-25-29-33-37-41-45-56-50(55)44-40-36-32-28-24-19-16-14-12-10-8-6-4-2/h8,10,14,16,20,23,31,35,47-48,52-53H,3-7,9,11-13,15,17-19,21-22,24-30,32-34,36-46H2,1-2H3,(H,51,54)/b10-8-,16-14-,23-20-,35-31-. The second kappa shape index (κ2) is 45.5. The largest absolute Gasteiger partial charge is 0.466 e. The van der Waals surface area contributed by atoms with Crippen molar-refractivity contribution in [3.8, 4) is 0 Å². The van der Waals surface area contributed by atoms with Crippen LogP contribution >= 0.6 is 0 Å². The Morgan fingerprint density at radius 1 is 0.500 bits per heavy atom. The Kier molecular flexibility index (Phi) is 43.7. The number of aliphatic hydroxyl groups is 2. The van der Waals surface area contributed by atoms with Gasteiger partial charge in [0.2, 0.25) is 5.91 Å². The molecule has 56 heavy (non-hydrogen) atoms. The molecule has 0 saturated heterocycles. The number of rotatable bonds is 43. The zero-order chi connectivity index (χ0) is 40.8. The zero-order valence-electron chi connectivity index (χ0n) is 36.8. The fourth-order valence-electron chi connectivity index (χ4n) is 6.90. The third-order valence-corrected chi connectivity index (χ3v) is 10.6. The normalized spacial score (nSPS) is 13.1. The van der Waals surface area contributed by atoms with Gasteiger partial charge >= 0.3 is 5.97 Å². The van der Waals surface area contributed by atoms with Crippen LogP contribution in [-0.4, -0.2) is 47.4 Å². The smallest absolute Gasteiger partial charge is 0.305 e. The molecule has 1 amide bonds. The van der Waals surface area contributed by atoms with E-state index >= 15 is 0 Å². The van der Waals surface area contributed by atoms with Crippen LogP contribution in [-0.2, 0) is 14.3 Å². The van der Waals surface area contributed by atoms with Crippen molar-refractivity contribution in [2.45, 2.75) is 244 Å². The van der Waals surface area contributed by atoms with E-state index in [0.29, 0.717) is 32.3 Å². The molecule has 0 rings (SSSR count). The highest BCUT2D eigenvalue weighted by Crippen LogP contribution is 2.15. The number of carbonyl (C=O) groups is 2. The van der Waals surface area contributed by atoms with E-state index in [9.17, 15) is 19.8 Å². The number of amides is 1. The molecule has 0 aromatic heterocycles. The number of esters is 1. The molecule has 2 atom stereocenters. The van der Waals surface area contributed by atoms with Gasteiger partial charge in [-0.3, -0.25) is 9.59 Å². The molecule has 0 fully saturated rings. The second-order valence-electron chi connectivity index (χ2n) is 16.1. The van der Waals surface area contributed by atoms with Gasteiger partial charge in [-0.25, -0.2) is 0 Å². The van der Waals surface area contributed by atoms with Crippen molar-refractivity contribution < 1.29 is 24.5 Å². The summed E-state index contributed by atoms with van der Waals surface area (Å²) in [5.41, 5.74) is 0. The highest BCUT2D eigenvalue weighted by molar-refractivity contribution is 5.76. The molecule has 2 unspecified atom stereocenters. The molecule has 6 nitrogen and oxygen atoms in total. The van der Waals surface area contributed by atoms with Crippen LogP contribution < -0.4 is 5.32 Å². The van der Waals surface area contributed by atoms with Gasteiger partial charge < -0.3 is 20.3 Å². The van der Waals surface area contributed by atoms with E-state index in [1.165, 1.54) is 128 Å². The fourth-order valence-corrected chi connectivity index (χ4v) is 6.90. The van der Waals surface area contributed by atoms with E-state index in [2.05, 4.69) is 61.7 Å². The summed E-state index contributed by atoms with van der Waals surface area (Å²) in [4.78, 5) is 24.4. The number of allylic oxidation sites excluding steroid dienone is 8. The van der Waals surface area contributed by atoms with Gasteiger partial charge in [-0.05, 0) is 70.6 Å². The van der Waals surface area contributed by atoms with E-state index in [1.54, 1.807) is 0 Å². The first kappa shape index (κ1) is 53.8. The van der Waals surface area contributed by atoms with E-state index in [0.717, 1.165) is 64.2 Å². The second-order valence-corrected chi connectivity index (χ2v) is 16.1. The van der Waals surface area contributed by atoms with E-state index in [4.69, 9.17) is 4.74 Å². The number of aliphatic hydroxyl groups excluding tert-OH is 2. The number of hydrogen-bond donors (Lipinski definition) is 3. The van der Waals surface area contributed by atoms with Crippen molar-refractivity contribution >= 4 is 11.9 Å². The summed E-state index contributed by atoms with van der Waals surface area (Å²) in [7, 11) is 0. The monoisotopic (exact) mass is 786 g/mol. The Morgan fingerprint density at radius 2 is 0.946 bits per heavy atom. The molecule has 0 heterocycles. The molecule has 6 heteroatoms. The molecule has 0 radical (unpaired) electrons. The van der Waals surface area contributed by atoms with Crippen molar-refractivity contribution in [1.29, 1.82) is 0 Å². The molecule has 326 valence electrons. The Labute approximate surface area is 346 Å². The lowest BCUT2D eigenvalue weighted by molar-refractivity contribution is -0.143. The molecular formula is C50H91NO5. The predicted molar refractivity (Wildman–Crippen MR) is 241 cm³/mol. The maximum atomic E-state index is 12.4. The first-order chi connectivity index (χ1) is 27.5. The highest BCUT2D eigenvalue weighted by Gasteiger charge is 2.19. The number of carbonyl (C=O) groups excluding carboxylic acids is 2. The third-order valence-electron chi connectivity index (χ3n) is 10.6. The SMILES string of the molecule is CCC/C=C\C/C=C\CCCCCCCC(=O)OCCCCCCCC/C=C\C/C=C\CCC(=O)NC(CO)C(O)CCCCCCCCCCCCCCC. The van der Waals surface area contributed by atoms with E-state index in [-0.39, 0.29) is 18.5 Å². The quantitative estimate of drug-likeness (QED) is 0.0325. The molecule has 0 aromatic rings. The summed E-state index contributed by atoms with van der Waals surface area (Å²) < 4.78 is 5.43. The zero-order valence-corrected chi connectivity index (χ0v) is 36.8. The summed E-state index contributed by atoms with van der Waals surface area (Å²) >= 11 is 0. The van der Waals surface area contributed by atoms with Crippen LogP contribution in [0.25, 0.3) is 0 Å². The molecule has 0 aliphatic carbocycles. The van der Waals surface area contributed by atoms with Crippen molar-refractivity contribution in [2.24, 2.45) is 0 Å². The number of unbranched alkanes of at least 4 members (excludes halogenated alkanes) is 24. The minimum Gasteiger partial charge on any atom is -0.466 e. The van der Waals surface area contributed by atoms with E-state index in [1.807, 2.05) is 6.08 Å². The minimum atomic E-state index is -0.699. The minimum absolute atomic E-state index is 0.0335. The fraction of sp³-hybridized carbons (Fsp3) is 0.800. The van der Waals surface area contributed by atoms with Gasteiger partial charge in [0.05, 0.1) is 25.4 Å². The van der Waals surface area contributed by atoms with Gasteiger partial charge in [-0.15, -0.1) is 0 Å². The van der Waals surface area contributed by atoms with Crippen LogP contribution in [0, 0.1) is 0 Å². The van der Waals surface area contributed by atoms with Gasteiger partial charge in [0.15, 0.2) is 0 Å². The van der Waals surface area contributed by atoms with Crippen LogP contribution in [0.5, 0.6) is 0 Å². The Hall–Kier alpha value is -2.18. The topological polar surface area (TPSA) is 95.9 Å². The summed E-state index contributed by atoms with van der Waals surface area (Å²) in [6.45, 7) is 4.80. The van der Waals surface area contributed by atoms with E-state index < -0.39 is 12.1 Å². The van der Waals surface area contributed by atoms with Gasteiger partial charge in [0.1, 0.15) is 0 Å². The summed E-state index contributed by atoms with van der Waals surface area (Å²) in [6, 6.07) is -0.586.